The van der Waals surface area contributed by atoms with Crippen molar-refractivity contribution in [2.75, 3.05) is 0 Å². The molecule has 0 unspecified atom stereocenters. The van der Waals surface area contributed by atoms with Gasteiger partial charge in [-0.05, 0) is 6.42 Å². The normalized spacial score (nSPS) is 14.7. The van der Waals surface area contributed by atoms with Crippen LogP contribution in [0.1, 0.15) is 6.42 Å². The van der Waals surface area contributed by atoms with Crippen LogP contribution in [-0.2, 0) is 0 Å². The van der Waals surface area contributed by atoms with E-state index in [9.17, 15) is 0 Å². The molecule has 6 heavy (non-hydrogen) atoms. The monoisotopic (exact) mass is 225 g/mol. The Morgan fingerprint density at radius 1 is 1.00 bits per heavy atom. The van der Waals surface area contributed by atoms with E-state index in [1.54, 1.807) is 0 Å². The summed E-state index contributed by atoms with van der Waals surface area (Å²) in [5.41, 5.74) is 0. The Morgan fingerprint density at radius 3 is 1.67 bits per heavy atom. The van der Waals surface area contributed by atoms with Gasteiger partial charge in [0.15, 0.2) is 0 Å². The fourth-order valence-corrected chi connectivity index (χ4v) is 0.393. The molecule has 1 radical (unpaired) electrons. The second-order valence-electron chi connectivity index (χ2n) is 1.09. The predicted octanol–water partition coefficient (Wildman–Crippen LogP) is 1.50. The minimum Gasteiger partial charge on any atom is -0.0808 e. The van der Waals surface area contributed by atoms with Crippen LogP contribution in [0.5, 0.6) is 0 Å². The van der Waals surface area contributed by atoms with Crippen LogP contribution in [0.4, 0.5) is 0 Å². The minimum absolute atomic E-state index is 0. The first kappa shape index (κ1) is 6.77. The molecule has 0 heterocycles. The van der Waals surface area contributed by atoms with Gasteiger partial charge in [-0.2, -0.15) is 0 Å². The molecular formula is C5H6Tb. The molecule has 0 atom stereocenters. The van der Waals surface area contributed by atoms with Crippen molar-refractivity contribution in [2.24, 2.45) is 0 Å². The SMILES string of the molecule is C1=CCC=C1.[Tb]. The maximum absolute atomic E-state index is 2.12. The Kier molecular flexibility index (Phi) is 4.44. The van der Waals surface area contributed by atoms with E-state index in [0.717, 1.165) is 6.42 Å². The van der Waals surface area contributed by atoms with Crippen molar-refractivity contribution in [3.63, 3.8) is 0 Å². The Morgan fingerprint density at radius 2 is 1.50 bits per heavy atom. The third-order valence-electron chi connectivity index (χ3n) is 0.655. The average molecular weight is 225 g/mol. The van der Waals surface area contributed by atoms with Crippen LogP contribution in [0.15, 0.2) is 24.3 Å². The summed E-state index contributed by atoms with van der Waals surface area (Å²) in [6, 6.07) is 0. The first-order chi connectivity index (χ1) is 2.50. The molecule has 0 aromatic rings. The first-order valence-corrected chi connectivity index (χ1v) is 1.82. The van der Waals surface area contributed by atoms with Crippen LogP contribution < -0.4 is 0 Å². The zero-order valence-electron chi connectivity index (χ0n) is 3.35. The van der Waals surface area contributed by atoms with E-state index >= 15 is 0 Å². The molecule has 0 nitrogen and oxygen atoms in total. The van der Waals surface area contributed by atoms with E-state index in [-0.39, 0.29) is 38.6 Å². The molecule has 0 saturated heterocycles. The van der Waals surface area contributed by atoms with Crippen molar-refractivity contribution in [3.05, 3.63) is 24.3 Å². The molecule has 1 aliphatic rings. The van der Waals surface area contributed by atoms with Crippen molar-refractivity contribution in [2.45, 2.75) is 6.42 Å². The summed E-state index contributed by atoms with van der Waals surface area (Å²) in [5, 5.41) is 0. The number of rotatable bonds is 0. The summed E-state index contributed by atoms with van der Waals surface area (Å²) in [7, 11) is 0. The molecule has 35 valence electrons. The van der Waals surface area contributed by atoms with E-state index in [2.05, 4.69) is 24.3 Å². The second-order valence-corrected chi connectivity index (χ2v) is 1.09. The largest absolute Gasteiger partial charge is 0.0808 e. The fraction of sp³-hybridized carbons (Fsp3) is 0.200. The third kappa shape index (κ3) is 2.03. The van der Waals surface area contributed by atoms with Gasteiger partial charge in [-0.15, -0.1) is 0 Å². The van der Waals surface area contributed by atoms with E-state index in [1.807, 2.05) is 0 Å². The smallest absolute Gasteiger partial charge is 0 e. The molecular weight excluding hydrogens is 219 g/mol. The van der Waals surface area contributed by atoms with E-state index in [4.69, 9.17) is 0 Å². The van der Waals surface area contributed by atoms with E-state index < -0.39 is 0 Å². The van der Waals surface area contributed by atoms with Crippen molar-refractivity contribution in [1.29, 1.82) is 0 Å². The molecule has 0 amide bonds. The number of hydrogen-bond donors (Lipinski definition) is 0. The van der Waals surface area contributed by atoms with Crippen LogP contribution in [0.25, 0.3) is 0 Å². The summed E-state index contributed by atoms with van der Waals surface area (Å²) in [6.07, 6.45) is 9.50. The topological polar surface area (TPSA) is 0 Å². The molecule has 0 bridgehead atoms. The van der Waals surface area contributed by atoms with Crippen molar-refractivity contribution in [3.8, 4) is 0 Å². The maximum Gasteiger partial charge on any atom is 0 e. The predicted molar refractivity (Wildman–Crippen MR) is 22.9 cm³/mol. The molecule has 0 aliphatic heterocycles. The molecule has 0 saturated carbocycles. The Balaban J connectivity index is 0.000000250. The molecule has 0 aromatic heterocycles. The molecule has 0 N–H and O–H groups in total. The van der Waals surface area contributed by atoms with Gasteiger partial charge in [0.2, 0.25) is 0 Å². The minimum atomic E-state index is 0. The zero-order valence-corrected chi connectivity index (χ0v) is 5.49. The third-order valence-corrected chi connectivity index (χ3v) is 0.655. The average Bonchev–Trinajstić information content (AvgIpc) is 1.76. The van der Waals surface area contributed by atoms with E-state index in [0.29, 0.717) is 0 Å². The summed E-state index contributed by atoms with van der Waals surface area (Å²) < 4.78 is 0. The van der Waals surface area contributed by atoms with Crippen LogP contribution in [0.3, 0.4) is 0 Å². The standard InChI is InChI=1S/C5H6.Tb/c1-2-4-5-3-1;/h1-4H,5H2;. The van der Waals surface area contributed by atoms with Crippen molar-refractivity contribution in [1.82, 2.24) is 0 Å². The van der Waals surface area contributed by atoms with Crippen LogP contribution in [-0.4, -0.2) is 0 Å². The summed E-state index contributed by atoms with van der Waals surface area (Å²) in [5.74, 6) is 0. The number of hydrogen-bond acceptors (Lipinski definition) is 0. The first-order valence-electron chi connectivity index (χ1n) is 1.82. The maximum atomic E-state index is 2.12. The van der Waals surface area contributed by atoms with Gasteiger partial charge in [0.05, 0.1) is 0 Å². The van der Waals surface area contributed by atoms with Gasteiger partial charge < -0.3 is 0 Å². The summed E-state index contributed by atoms with van der Waals surface area (Å²) >= 11 is 0. The zero-order chi connectivity index (χ0) is 3.54. The van der Waals surface area contributed by atoms with E-state index in [1.165, 1.54) is 0 Å². The molecule has 1 rings (SSSR count). The molecule has 0 fully saturated rings. The van der Waals surface area contributed by atoms with Gasteiger partial charge in [0.25, 0.3) is 0 Å². The second kappa shape index (κ2) is 3.94. The van der Waals surface area contributed by atoms with Crippen LogP contribution in [0.2, 0.25) is 0 Å². The molecule has 0 spiro atoms. The molecule has 0 aromatic carbocycles. The van der Waals surface area contributed by atoms with Crippen LogP contribution >= 0.6 is 0 Å². The Bertz CT molecular complexity index is 62.0. The number of allylic oxidation sites excluding steroid dienone is 4. The quantitative estimate of drug-likeness (QED) is 0.586. The fourth-order valence-electron chi connectivity index (χ4n) is 0.393. The van der Waals surface area contributed by atoms with Gasteiger partial charge >= 0.3 is 0 Å². The Labute approximate surface area is 68.8 Å². The van der Waals surface area contributed by atoms with Crippen LogP contribution in [0, 0.1) is 38.6 Å². The van der Waals surface area contributed by atoms with Crippen molar-refractivity contribution >= 4 is 0 Å². The Hall–Kier alpha value is 0.766. The molecule has 1 aliphatic carbocycles. The van der Waals surface area contributed by atoms with Gasteiger partial charge in [-0.3, -0.25) is 0 Å². The van der Waals surface area contributed by atoms with Gasteiger partial charge in [-0.1, -0.05) is 24.3 Å². The van der Waals surface area contributed by atoms with Crippen molar-refractivity contribution < 1.29 is 38.6 Å². The van der Waals surface area contributed by atoms with Gasteiger partial charge in [0, 0.05) is 38.6 Å². The van der Waals surface area contributed by atoms with Gasteiger partial charge in [0.1, 0.15) is 0 Å². The molecule has 1 heteroatoms. The summed E-state index contributed by atoms with van der Waals surface area (Å²) in [4.78, 5) is 0. The van der Waals surface area contributed by atoms with Gasteiger partial charge in [-0.25, -0.2) is 0 Å². The summed E-state index contributed by atoms with van der Waals surface area (Å²) in [6.45, 7) is 0.